The molecule has 222 valence electrons. The van der Waals surface area contributed by atoms with E-state index >= 15 is 0 Å². The van der Waals surface area contributed by atoms with Gasteiger partial charge in [0.05, 0.1) is 11.6 Å². The van der Waals surface area contributed by atoms with Gasteiger partial charge in [0.15, 0.2) is 0 Å². The Morgan fingerprint density at radius 2 is 1.66 bits per heavy atom. The Labute approximate surface area is 265 Å². The van der Waals surface area contributed by atoms with Crippen molar-refractivity contribution in [2.75, 3.05) is 25.6 Å². The standard InChI is InChI=1S/C35H31ClN4O3S/c1-40(2)32-14-13-22(18-38-32)24-16-25(33(31(36)17-24)44-34-23(20-41)8-7-15-37-34)19-39-35(42)43-21-30-28-11-5-3-9-26(28)27-10-4-6-12-29(27)30/h3-18,30,41H,19-21H2,1-2H3,(H,39,42). The maximum Gasteiger partial charge on any atom is 0.407 e. The Morgan fingerprint density at radius 3 is 2.32 bits per heavy atom. The van der Waals surface area contributed by atoms with Gasteiger partial charge in [0.1, 0.15) is 17.5 Å². The lowest BCUT2D eigenvalue weighted by atomic mass is 9.98. The number of anilines is 1. The van der Waals surface area contributed by atoms with E-state index in [0.717, 1.165) is 38.5 Å². The van der Waals surface area contributed by atoms with Crippen LogP contribution in [-0.4, -0.2) is 41.9 Å². The van der Waals surface area contributed by atoms with Crippen LogP contribution < -0.4 is 10.2 Å². The van der Waals surface area contributed by atoms with Gasteiger partial charge in [0.25, 0.3) is 0 Å². The van der Waals surface area contributed by atoms with Crippen LogP contribution in [0.5, 0.6) is 0 Å². The van der Waals surface area contributed by atoms with E-state index in [1.165, 1.54) is 22.9 Å². The van der Waals surface area contributed by atoms with Gasteiger partial charge >= 0.3 is 6.09 Å². The van der Waals surface area contributed by atoms with Crippen molar-refractivity contribution in [2.45, 2.75) is 29.0 Å². The van der Waals surface area contributed by atoms with Crippen LogP contribution in [-0.2, 0) is 17.9 Å². The molecule has 0 radical (unpaired) electrons. The topological polar surface area (TPSA) is 87.6 Å². The SMILES string of the molecule is CN(C)c1ccc(-c2cc(Cl)c(Sc3ncccc3CO)c(CNC(=O)OCC3c4ccccc4-c4ccccc43)c2)cn1. The van der Waals surface area contributed by atoms with Crippen LogP contribution in [0, 0.1) is 0 Å². The second-order valence-electron chi connectivity index (χ2n) is 10.7. The molecule has 0 unspecified atom stereocenters. The van der Waals surface area contributed by atoms with E-state index in [1.54, 1.807) is 18.5 Å². The first-order valence-electron chi connectivity index (χ1n) is 14.2. The van der Waals surface area contributed by atoms with Gasteiger partial charge in [-0.2, -0.15) is 0 Å². The number of hydrogen-bond donors (Lipinski definition) is 2. The van der Waals surface area contributed by atoms with Crippen LogP contribution in [0.1, 0.15) is 28.2 Å². The molecule has 1 amide bonds. The lowest BCUT2D eigenvalue weighted by Gasteiger charge is -2.17. The summed E-state index contributed by atoms with van der Waals surface area (Å²) in [5, 5.41) is 13.9. The molecule has 6 rings (SSSR count). The Morgan fingerprint density at radius 1 is 0.932 bits per heavy atom. The molecular weight excluding hydrogens is 592 g/mol. The van der Waals surface area contributed by atoms with Crippen molar-refractivity contribution in [1.29, 1.82) is 0 Å². The fourth-order valence-electron chi connectivity index (χ4n) is 5.43. The maximum atomic E-state index is 13.1. The number of aliphatic hydroxyl groups is 1. The third kappa shape index (κ3) is 6.15. The summed E-state index contributed by atoms with van der Waals surface area (Å²) in [6.07, 6.45) is 2.96. The predicted octanol–water partition coefficient (Wildman–Crippen LogP) is 7.55. The first-order valence-corrected chi connectivity index (χ1v) is 15.4. The number of ether oxygens (including phenoxy) is 1. The number of aromatic nitrogens is 2. The molecule has 44 heavy (non-hydrogen) atoms. The molecule has 9 heteroatoms. The number of fused-ring (bicyclic) bond motifs is 3. The fraction of sp³-hybridized carbons (Fsp3) is 0.171. The number of nitrogens with one attached hydrogen (secondary N) is 1. The Hall–Kier alpha value is -4.37. The highest BCUT2D eigenvalue weighted by atomic mass is 35.5. The molecule has 0 atom stereocenters. The van der Waals surface area contributed by atoms with Gasteiger partial charge in [-0.3, -0.25) is 0 Å². The minimum Gasteiger partial charge on any atom is -0.449 e. The minimum absolute atomic E-state index is 0.0317. The van der Waals surface area contributed by atoms with E-state index < -0.39 is 6.09 Å². The van der Waals surface area contributed by atoms with Crippen LogP contribution in [0.2, 0.25) is 5.02 Å². The molecule has 5 aromatic rings. The van der Waals surface area contributed by atoms with Crippen molar-refractivity contribution in [3.05, 3.63) is 125 Å². The van der Waals surface area contributed by atoms with Gasteiger partial charge in [-0.05, 0) is 63.7 Å². The molecule has 0 fully saturated rings. The number of hydrogen-bond acceptors (Lipinski definition) is 7. The van der Waals surface area contributed by atoms with E-state index in [2.05, 4.69) is 39.6 Å². The lowest BCUT2D eigenvalue weighted by molar-refractivity contribution is 0.142. The summed E-state index contributed by atoms with van der Waals surface area (Å²) in [7, 11) is 3.88. The Bertz CT molecular complexity index is 1770. The number of nitrogens with zero attached hydrogens (tertiary/aromatic N) is 3. The smallest absolute Gasteiger partial charge is 0.407 e. The molecule has 0 bridgehead atoms. The van der Waals surface area contributed by atoms with Gasteiger partial charge in [-0.1, -0.05) is 78.0 Å². The van der Waals surface area contributed by atoms with Crippen LogP contribution in [0.4, 0.5) is 10.6 Å². The summed E-state index contributed by atoms with van der Waals surface area (Å²) in [5.41, 5.74) is 7.90. The zero-order valence-electron chi connectivity index (χ0n) is 24.3. The first-order chi connectivity index (χ1) is 21.4. The molecular formula is C35H31ClN4O3S. The molecule has 2 aromatic heterocycles. The summed E-state index contributed by atoms with van der Waals surface area (Å²) >= 11 is 8.24. The van der Waals surface area contributed by atoms with Gasteiger partial charge in [0.2, 0.25) is 0 Å². The van der Waals surface area contributed by atoms with Crippen LogP contribution >= 0.6 is 23.4 Å². The monoisotopic (exact) mass is 622 g/mol. The number of carbonyl (C=O) groups excluding carboxylic acids is 1. The molecule has 2 heterocycles. The maximum absolute atomic E-state index is 13.1. The molecule has 0 aliphatic heterocycles. The molecule has 2 N–H and O–H groups in total. The molecule has 0 saturated heterocycles. The van der Waals surface area contributed by atoms with Crippen LogP contribution in [0.25, 0.3) is 22.3 Å². The third-order valence-corrected chi connectivity index (χ3v) is 9.30. The van der Waals surface area contributed by atoms with Crippen molar-refractivity contribution >= 4 is 35.3 Å². The van der Waals surface area contributed by atoms with E-state index in [-0.39, 0.29) is 25.7 Å². The first kappa shape index (κ1) is 29.7. The number of amides is 1. The quantitative estimate of drug-likeness (QED) is 0.176. The highest BCUT2D eigenvalue weighted by Crippen LogP contribution is 2.44. The Kier molecular flexibility index (Phi) is 8.84. The van der Waals surface area contributed by atoms with Gasteiger partial charge in [-0.15, -0.1) is 0 Å². The molecule has 1 aliphatic rings. The summed E-state index contributed by atoms with van der Waals surface area (Å²) in [6, 6.07) is 27.9. The fourth-order valence-corrected chi connectivity index (χ4v) is 6.78. The lowest BCUT2D eigenvalue weighted by Crippen LogP contribution is -2.26. The zero-order valence-corrected chi connectivity index (χ0v) is 25.9. The highest BCUT2D eigenvalue weighted by molar-refractivity contribution is 7.99. The number of halogens is 1. The third-order valence-electron chi connectivity index (χ3n) is 7.65. The van der Waals surface area contributed by atoms with Crippen molar-refractivity contribution in [1.82, 2.24) is 15.3 Å². The van der Waals surface area contributed by atoms with Gasteiger partial charge < -0.3 is 20.1 Å². The van der Waals surface area contributed by atoms with Gasteiger partial charge in [0, 0.05) is 55.0 Å². The number of benzene rings is 3. The second kappa shape index (κ2) is 13.1. The summed E-state index contributed by atoms with van der Waals surface area (Å²) in [6.45, 7) is 0.250. The molecule has 7 nitrogen and oxygen atoms in total. The van der Waals surface area contributed by atoms with Gasteiger partial charge in [-0.25, -0.2) is 14.8 Å². The number of carbonyl (C=O) groups is 1. The summed E-state index contributed by atoms with van der Waals surface area (Å²) < 4.78 is 5.79. The predicted molar refractivity (Wildman–Crippen MR) is 175 cm³/mol. The number of rotatable bonds is 9. The van der Waals surface area contributed by atoms with Crippen molar-refractivity contribution in [2.24, 2.45) is 0 Å². The van der Waals surface area contributed by atoms with Crippen LogP contribution in [0.15, 0.2) is 107 Å². The van der Waals surface area contributed by atoms with Crippen molar-refractivity contribution in [3.8, 4) is 22.3 Å². The molecule has 0 spiro atoms. The number of pyridine rings is 2. The summed E-state index contributed by atoms with van der Waals surface area (Å²) in [4.78, 5) is 24.8. The molecule has 1 aliphatic carbocycles. The van der Waals surface area contributed by atoms with E-state index in [1.807, 2.05) is 73.6 Å². The second-order valence-corrected chi connectivity index (χ2v) is 12.1. The average Bonchev–Trinajstić information content (AvgIpc) is 3.37. The Balaban J connectivity index is 1.24. The largest absolute Gasteiger partial charge is 0.449 e. The highest BCUT2D eigenvalue weighted by Gasteiger charge is 2.29. The minimum atomic E-state index is -0.518. The van der Waals surface area contributed by atoms with Crippen molar-refractivity contribution < 1.29 is 14.6 Å². The van der Waals surface area contributed by atoms with Crippen LogP contribution in [0.3, 0.4) is 0 Å². The normalized spacial score (nSPS) is 12.0. The molecule has 3 aromatic carbocycles. The average molecular weight is 623 g/mol. The number of aliphatic hydroxyl groups excluding tert-OH is 1. The van der Waals surface area contributed by atoms with Crippen molar-refractivity contribution in [3.63, 3.8) is 0 Å². The molecule has 0 saturated carbocycles. The van der Waals surface area contributed by atoms with E-state index in [4.69, 9.17) is 16.3 Å². The van der Waals surface area contributed by atoms with E-state index in [0.29, 0.717) is 15.6 Å². The summed E-state index contributed by atoms with van der Waals surface area (Å²) in [5.74, 6) is 0.812. The van der Waals surface area contributed by atoms with E-state index in [9.17, 15) is 9.90 Å². The zero-order chi connectivity index (χ0) is 30.6. The number of alkyl carbamates (subject to hydrolysis) is 1.